The van der Waals surface area contributed by atoms with Crippen LogP contribution in [-0.4, -0.2) is 27.7 Å². The van der Waals surface area contributed by atoms with E-state index in [1.807, 2.05) is 45.0 Å². The summed E-state index contributed by atoms with van der Waals surface area (Å²) in [5, 5.41) is 11.4. The minimum absolute atomic E-state index is 0.0800. The van der Waals surface area contributed by atoms with Gasteiger partial charge in [0.2, 0.25) is 5.91 Å². The van der Waals surface area contributed by atoms with Gasteiger partial charge in [-0.2, -0.15) is 0 Å². The molecular weight excluding hydrogens is 340 g/mol. The third kappa shape index (κ3) is 4.21. The Morgan fingerprint density at radius 2 is 2.00 bits per heavy atom. The first-order chi connectivity index (χ1) is 12.0. The van der Waals surface area contributed by atoms with Gasteiger partial charge >= 0.3 is 6.01 Å². The molecule has 8 heteroatoms. The number of amides is 1. The fourth-order valence-electron chi connectivity index (χ4n) is 2.31. The van der Waals surface area contributed by atoms with Crippen molar-refractivity contribution in [2.24, 2.45) is 0 Å². The highest BCUT2D eigenvalue weighted by atomic mass is 32.1. The lowest BCUT2D eigenvalue weighted by molar-refractivity contribution is -0.115. The van der Waals surface area contributed by atoms with E-state index in [1.165, 1.54) is 11.3 Å². The fraction of sp³-hybridized carbons (Fsp3) is 0.294. The summed E-state index contributed by atoms with van der Waals surface area (Å²) >= 11 is 1.48. The maximum Gasteiger partial charge on any atom is 0.322 e. The van der Waals surface area contributed by atoms with Crippen LogP contribution in [0.3, 0.4) is 0 Å². The van der Waals surface area contributed by atoms with E-state index in [9.17, 15) is 4.79 Å². The molecule has 1 amide bonds. The van der Waals surface area contributed by atoms with Gasteiger partial charge in [-0.15, -0.1) is 16.4 Å². The zero-order valence-electron chi connectivity index (χ0n) is 14.2. The molecule has 0 aliphatic heterocycles. The first-order valence-electron chi connectivity index (χ1n) is 7.84. The highest BCUT2D eigenvalue weighted by Gasteiger charge is 2.16. The summed E-state index contributed by atoms with van der Waals surface area (Å²) in [6, 6.07) is 7.47. The van der Waals surface area contributed by atoms with Crippen LogP contribution in [0.4, 0.5) is 6.01 Å². The molecule has 0 aliphatic rings. The Hall–Kier alpha value is -2.74. The van der Waals surface area contributed by atoms with Crippen molar-refractivity contribution in [3.8, 4) is 16.5 Å². The molecule has 0 unspecified atom stereocenters. The third-order valence-corrected chi connectivity index (χ3v) is 4.43. The number of ether oxygens (including phenoxy) is 1. The number of aryl methyl sites for hydroxylation is 2. The standard InChI is InChI=1S/C17H18N4O3S/c1-4-23-13-7-5-12(6-8-13)9-14(22)19-17-21-20-16(24-17)15-10(2)18-11(3)25-15/h5-8H,4,9H2,1-3H3,(H,19,21,22). The van der Waals surface area contributed by atoms with Crippen molar-refractivity contribution in [2.45, 2.75) is 27.2 Å². The summed E-state index contributed by atoms with van der Waals surface area (Å²) in [6.45, 7) is 6.33. The van der Waals surface area contributed by atoms with Crippen LogP contribution in [-0.2, 0) is 11.2 Å². The number of carbonyl (C=O) groups is 1. The molecule has 0 fully saturated rings. The van der Waals surface area contributed by atoms with Crippen molar-refractivity contribution >= 4 is 23.3 Å². The van der Waals surface area contributed by atoms with Crippen LogP contribution in [0, 0.1) is 13.8 Å². The van der Waals surface area contributed by atoms with Gasteiger partial charge in [0.05, 0.1) is 23.7 Å². The molecule has 0 saturated heterocycles. The summed E-state index contributed by atoms with van der Waals surface area (Å²) < 4.78 is 10.9. The van der Waals surface area contributed by atoms with Gasteiger partial charge < -0.3 is 9.15 Å². The molecule has 1 aromatic carbocycles. The third-order valence-electron chi connectivity index (χ3n) is 3.37. The molecular formula is C17H18N4O3S. The normalized spacial score (nSPS) is 10.7. The van der Waals surface area contributed by atoms with Gasteiger partial charge in [-0.3, -0.25) is 10.1 Å². The first-order valence-corrected chi connectivity index (χ1v) is 8.66. The van der Waals surface area contributed by atoms with Crippen molar-refractivity contribution in [1.82, 2.24) is 15.2 Å². The smallest absolute Gasteiger partial charge is 0.322 e. The van der Waals surface area contributed by atoms with Crippen LogP contribution in [0.25, 0.3) is 10.8 Å². The molecule has 25 heavy (non-hydrogen) atoms. The number of thiazole rings is 1. The lowest BCUT2D eigenvalue weighted by Crippen LogP contribution is -2.14. The Labute approximate surface area is 149 Å². The average molecular weight is 358 g/mol. The lowest BCUT2D eigenvalue weighted by Gasteiger charge is -2.04. The topological polar surface area (TPSA) is 90.1 Å². The van der Waals surface area contributed by atoms with E-state index in [-0.39, 0.29) is 18.3 Å². The summed E-state index contributed by atoms with van der Waals surface area (Å²) in [6.07, 6.45) is 0.211. The summed E-state index contributed by atoms with van der Waals surface area (Å²) in [4.78, 5) is 17.3. The van der Waals surface area contributed by atoms with E-state index in [2.05, 4.69) is 20.5 Å². The number of benzene rings is 1. The van der Waals surface area contributed by atoms with Crippen molar-refractivity contribution < 1.29 is 13.9 Å². The van der Waals surface area contributed by atoms with Gasteiger partial charge in [-0.1, -0.05) is 17.2 Å². The monoisotopic (exact) mass is 358 g/mol. The number of aromatic nitrogens is 3. The van der Waals surface area contributed by atoms with Crippen molar-refractivity contribution in [1.29, 1.82) is 0 Å². The summed E-state index contributed by atoms with van der Waals surface area (Å²) in [5.41, 5.74) is 1.70. The predicted molar refractivity (Wildman–Crippen MR) is 94.8 cm³/mol. The fourth-order valence-corrected chi connectivity index (χ4v) is 3.16. The van der Waals surface area contributed by atoms with Gasteiger partial charge in [0.15, 0.2) is 0 Å². The second-order valence-electron chi connectivity index (χ2n) is 5.36. The summed E-state index contributed by atoms with van der Waals surface area (Å²) in [7, 11) is 0. The number of hydrogen-bond acceptors (Lipinski definition) is 7. The molecule has 2 heterocycles. The molecule has 0 bridgehead atoms. The van der Waals surface area contributed by atoms with Crippen molar-refractivity contribution in [3.63, 3.8) is 0 Å². The van der Waals surface area contributed by atoms with E-state index >= 15 is 0 Å². The minimum Gasteiger partial charge on any atom is -0.494 e. The van der Waals surface area contributed by atoms with Gasteiger partial charge in [-0.25, -0.2) is 4.98 Å². The molecule has 0 aliphatic carbocycles. The Morgan fingerprint density at radius 3 is 2.64 bits per heavy atom. The maximum atomic E-state index is 12.1. The van der Waals surface area contributed by atoms with Crippen LogP contribution >= 0.6 is 11.3 Å². The van der Waals surface area contributed by atoms with E-state index in [0.717, 1.165) is 26.9 Å². The number of rotatable bonds is 6. The molecule has 2 aromatic heterocycles. The van der Waals surface area contributed by atoms with Gasteiger partial charge in [0, 0.05) is 0 Å². The second kappa shape index (κ2) is 7.43. The summed E-state index contributed by atoms with van der Waals surface area (Å²) in [5.74, 6) is 0.916. The highest BCUT2D eigenvalue weighted by molar-refractivity contribution is 7.15. The number of anilines is 1. The molecule has 0 saturated carbocycles. The molecule has 0 radical (unpaired) electrons. The molecule has 0 atom stereocenters. The lowest BCUT2D eigenvalue weighted by atomic mass is 10.1. The minimum atomic E-state index is -0.225. The molecule has 3 aromatic rings. The van der Waals surface area contributed by atoms with Crippen LogP contribution in [0.2, 0.25) is 0 Å². The average Bonchev–Trinajstić information content (AvgIpc) is 3.15. The van der Waals surface area contributed by atoms with Crippen LogP contribution in [0.5, 0.6) is 5.75 Å². The number of carbonyl (C=O) groups excluding carboxylic acids is 1. The largest absolute Gasteiger partial charge is 0.494 e. The van der Waals surface area contributed by atoms with E-state index in [4.69, 9.17) is 9.15 Å². The van der Waals surface area contributed by atoms with Crippen LogP contribution in [0.1, 0.15) is 23.2 Å². The van der Waals surface area contributed by atoms with Gasteiger partial charge in [0.25, 0.3) is 5.89 Å². The molecule has 7 nitrogen and oxygen atoms in total. The quantitative estimate of drug-likeness (QED) is 0.726. The zero-order chi connectivity index (χ0) is 17.8. The van der Waals surface area contributed by atoms with Crippen LogP contribution < -0.4 is 10.1 Å². The number of hydrogen-bond donors (Lipinski definition) is 1. The second-order valence-corrected chi connectivity index (χ2v) is 6.56. The van der Waals surface area contributed by atoms with E-state index < -0.39 is 0 Å². The first kappa shape index (κ1) is 17.1. The highest BCUT2D eigenvalue weighted by Crippen LogP contribution is 2.29. The predicted octanol–water partition coefficient (Wildman–Crippen LogP) is 3.39. The number of nitrogens with zero attached hydrogens (tertiary/aromatic N) is 3. The van der Waals surface area contributed by atoms with Crippen molar-refractivity contribution in [2.75, 3.05) is 11.9 Å². The Balaban J connectivity index is 1.62. The SMILES string of the molecule is CCOc1ccc(CC(=O)Nc2nnc(-c3sc(C)nc3C)o2)cc1. The van der Waals surface area contributed by atoms with Gasteiger partial charge in [0.1, 0.15) is 10.6 Å². The van der Waals surface area contributed by atoms with Crippen LogP contribution in [0.15, 0.2) is 28.7 Å². The molecule has 3 rings (SSSR count). The van der Waals surface area contributed by atoms with E-state index in [1.54, 1.807) is 0 Å². The zero-order valence-corrected chi connectivity index (χ0v) is 15.0. The molecule has 130 valence electrons. The Kier molecular flexibility index (Phi) is 5.08. The maximum absolute atomic E-state index is 12.1. The van der Waals surface area contributed by atoms with Gasteiger partial charge in [-0.05, 0) is 38.5 Å². The Morgan fingerprint density at radius 1 is 1.24 bits per heavy atom. The van der Waals surface area contributed by atoms with Crippen molar-refractivity contribution in [3.05, 3.63) is 40.5 Å². The molecule has 1 N–H and O–H groups in total. The molecule has 0 spiro atoms. The number of nitrogens with one attached hydrogen (secondary N) is 1. The Bertz CT molecular complexity index is 870. The van der Waals surface area contributed by atoms with E-state index in [0.29, 0.717) is 12.5 Å².